The van der Waals surface area contributed by atoms with Crippen LogP contribution in [0.15, 0.2) is 42.6 Å². The summed E-state index contributed by atoms with van der Waals surface area (Å²) in [6.45, 7) is 2.92. The van der Waals surface area contributed by atoms with Gasteiger partial charge in [0.15, 0.2) is 0 Å². The summed E-state index contributed by atoms with van der Waals surface area (Å²) in [6.07, 6.45) is 3.14. The zero-order valence-electron chi connectivity index (χ0n) is 17.9. The highest BCUT2D eigenvalue weighted by molar-refractivity contribution is 5.97. The van der Waals surface area contributed by atoms with Crippen molar-refractivity contribution < 1.29 is 19.4 Å². The van der Waals surface area contributed by atoms with Gasteiger partial charge in [-0.05, 0) is 19.4 Å². The van der Waals surface area contributed by atoms with Gasteiger partial charge in [-0.3, -0.25) is 19.3 Å². The van der Waals surface area contributed by atoms with Crippen LogP contribution in [0, 0.1) is 6.92 Å². The van der Waals surface area contributed by atoms with E-state index in [9.17, 15) is 4.79 Å². The molecule has 4 rings (SSSR count). The second-order valence-corrected chi connectivity index (χ2v) is 7.19. The summed E-state index contributed by atoms with van der Waals surface area (Å²) >= 11 is 0. The second-order valence-electron chi connectivity index (χ2n) is 7.19. The average Bonchev–Trinajstić information content (AvgIpc) is 2.95. The molecule has 0 atom stereocenters. The molecule has 1 aromatic carbocycles. The lowest BCUT2D eigenvalue weighted by Crippen LogP contribution is -2.33. The number of benzene rings is 1. The first-order valence-corrected chi connectivity index (χ1v) is 9.98. The zero-order valence-corrected chi connectivity index (χ0v) is 17.9. The highest BCUT2D eigenvalue weighted by Gasteiger charge is 2.26. The highest BCUT2D eigenvalue weighted by atomic mass is 16.5. The van der Waals surface area contributed by atoms with Gasteiger partial charge < -0.3 is 14.7 Å². The molecule has 0 spiro atoms. The van der Waals surface area contributed by atoms with Gasteiger partial charge in [0, 0.05) is 43.4 Å². The lowest BCUT2D eigenvalue weighted by molar-refractivity contribution is -0.122. The van der Waals surface area contributed by atoms with Crippen LogP contribution in [-0.4, -0.2) is 57.3 Å². The maximum atomic E-state index is 13.2. The third-order valence-corrected chi connectivity index (χ3v) is 5.27. The number of rotatable bonds is 3. The minimum Gasteiger partial charge on any atom is -0.494 e. The summed E-state index contributed by atoms with van der Waals surface area (Å²) in [5, 5.41) is 11.6. The summed E-state index contributed by atoms with van der Waals surface area (Å²) < 4.78 is 7.32. The molecule has 0 saturated heterocycles. The fourth-order valence-corrected chi connectivity index (χ4v) is 3.89. The number of aryl methyl sites for hydroxylation is 2. The number of aromatic nitrogens is 3. The fraction of sp³-hybridized carbons (Fsp3) is 0.304. The molecule has 0 unspecified atom stereocenters. The summed E-state index contributed by atoms with van der Waals surface area (Å²) in [6, 6.07) is 12.1. The predicted molar refractivity (Wildman–Crippen MR) is 116 cm³/mol. The smallest absolute Gasteiger partial charge is 0.290 e. The first-order valence-electron chi connectivity index (χ1n) is 9.98. The van der Waals surface area contributed by atoms with Crippen molar-refractivity contribution in [2.75, 3.05) is 20.2 Å². The Bertz CT molecular complexity index is 1060. The molecule has 0 aliphatic carbocycles. The van der Waals surface area contributed by atoms with E-state index < -0.39 is 0 Å². The van der Waals surface area contributed by atoms with Crippen LogP contribution < -0.4 is 4.74 Å². The van der Waals surface area contributed by atoms with E-state index in [1.165, 1.54) is 5.56 Å². The standard InChI is InChI=1S/C22H24N4O2.CH2O2/c1-15-13-18(20(28-3)14-23-15)22(27)26-11-9-17-19(10-12-26)24-25(2)21(17)16-7-5-4-6-8-16;2-1-3/h4-8,13-14H,9-12H2,1-3H3;1H,(H,2,3). The summed E-state index contributed by atoms with van der Waals surface area (Å²) in [5.41, 5.74) is 5.98. The van der Waals surface area contributed by atoms with E-state index >= 15 is 0 Å². The Morgan fingerprint density at radius 3 is 2.55 bits per heavy atom. The quantitative estimate of drug-likeness (QED) is 0.652. The Labute approximate surface area is 181 Å². The van der Waals surface area contributed by atoms with Gasteiger partial charge in [0.25, 0.3) is 12.4 Å². The van der Waals surface area contributed by atoms with E-state index in [2.05, 4.69) is 17.1 Å². The number of methoxy groups -OCH3 is 1. The van der Waals surface area contributed by atoms with Crippen molar-refractivity contribution in [3.8, 4) is 17.0 Å². The van der Waals surface area contributed by atoms with Gasteiger partial charge in [-0.1, -0.05) is 30.3 Å². The molecular weight excluding hydrogens is 396 g/mol. The minimum absolute atomic E-state index is 0.0156. The molecule has 0 saturated carbocycles. The van der Waals surface area contributed by atoms with E-state index in [0.29, 0.717) is 24.4 Å². The molecule has 1 aliphatic heterocycles. The molecule has 31 heavy (non-hydrogen) atoms. The molecule has 8 heteroatoms. The topological polar surface area (TPSA) is 97.5 Å². The van der Waals surface area contributed by atoms with Crippen LogP contribution >= 0.6 is 0 Å². The normalized spacial score (nSPS) is 12.8. The highest BCUT2D eigenvalue weighted by Crippen LogP contribution is 2.29. The van der Waals surface area contributed by atoms with Crippen molar-refractivity contribution in [3.05, 3.63) is 65.1 Å². The summed E-state index contributed by atoms with van der Waals surface area (Å²) in [7, 11) is 3.56. The molecule has 0 bridgehead atoms. The van der Waals surface area contributed by atoms with Crippen LogP contribution in [0.2, 0.25) is 0 Å². The molecule has 162 valence electrons. The number of fused-ring (bicyclic) bond motifs is 1. The maximum Gasteiger partial charge on any atom is 0.290 e. The average molecular weight is 422 g/mol. The minimum atomic E-state index is -0.250. The van der Waals surface area contributed by atoms with E-state index in [-0.39, 0.29) is 12.4 Å². The monoisotopic (exact) mass is 422 g/mol. The molecule has 1 amide bonds. The number of hydrogen-bond donors (Lipinski definition) is 1. The number of carbonyl (C=O) groups is 2. The molecular formula is C23H26N4O4. The molecule has 3 heterocycles. The van der Waals surface area contributed by atoms with Gasteiger partial charge in [0.05, 0.1) is 30.3 Å². The van der Waals surface area contributed by atoms with Gasteiger partial charge in [0.2, 0.25) is 0 Å². The van der Waals surface area contributed by atoms with Crippen molar-refractivity contribution in [2.24, 2.45) is 7.05 Å². The number of nitrogens with zero attached hydrogens (tertiary/aromatic N) is 4. The molecule has 0 radical (unpaired) electrons. The van der Waals surface area contributed by atoms with Crippen LogP contribution in [0.25, 0.3) is 11.3 Å². The number of ether oxygens (including phenoxy) is 1. The van der Waals surface area contributed by atoms with Crippen molar-refractivity contribution in [2.45, 2.75) is 19.8 Å². The number of carboxylic acid groups (broad SMARTS) is 1. The van der Waals surface area contributed by atoms with Crippen molar-refractivity contribution in [1.82, 2.24) is 19.7 Å². The largest absolute Gasteiger partial charge is 0.494 e. The molecule has 1 N–H and O–H groups in total. The zero-order chi connectivity index (χ0) is 22.4. The lowest BCUT2D eigenvalue weighted by Gasteiger charge is -2.21. The van der Waals surface area contributed by atoms with Gasteiger partial charge in [0.1, 0.15) is 5.75 Å². The van der Waals surface area contributed by atoms with Crippen molar-refractivity contribution in [1.29, 1.82) is 0 Å². The molecule has 3 aromatic rings. The van der Waals surface area contributed by atoms with E-state index in [0.717, 1.165) is 35.5 Å². The summed E-state index contributed by atoms with van der Waals surface area (Å²) in [5.74, 6) is 0.499. The van der Waals surface area contributed by atoms with Gasteiger partial charge in [-0.2, -0.15) is 5.10 Å². The van der Waals surface area contributed by atoms with Gasteiger partial charge >= 0.3 is 0 Å². The Hall–Kier alpha value is -3.68. The third kappa shape index (κ3) is 4.74. The van der Waals surface area contributed by atoms with E-state index in [4.69, 9.17) is 19.7 Å². The van der Waals surface area contributed by atoms with Gasteiger partial charge in [-0.25, -0.2) is 0 Å². The van der Waals surface area contributed by atoms with E-state index in [1.807, 2.05) is 41.8 Å². The van der Waals surface area contributed by atoms with Crippen molar-refractivity contribution in [3.63, 3.8) is 0 Å². The van der Waals surface area contributed by atoms with Crippen LogP contribution in [0.4, 0.5) is 0 Å². The fourth-order valence-electron chi connectivity index (χ4n) is 3.89. The molecule has 1 aliphatic rings. The Morgan fingerprint density at radius 2 is 1.87 bits per heavy atom. The SMILES string of the molecule is COc1cnc(C)cc1C(=O)N1CCc2nn(C)c(-c3ccccc3)c2CC1.O=CO. The van der Waals surface area contributed by atoms with Crippen LogP contribution in [-0.2, 0) is 24.7 Å². The first-order chi connectivity index (χ1) is 15.0. The van der Waals surface area contributed by atoms with E-state index in [1.54, 1.807) is 19.4 Å². The lowest BCUT2D eigenvalue weighted by atomic mass is 10.0. The maximum absolute atomic E-state index is 13.2. The van der Waals surface area contributed by atoms with Gasteiger partial charge in [-0.15, -0.1) is 0 Å². The Morgan fingerprint density at radius 1 is 1.19 bits per heavy atom. The number of pyridine rings is 1. The number of hydrogen-bond acceptors (Lipinski definition) is 5. The second kappa shape index (κ2) is 9.88. The van der Waals surface area contributed by atoms with Crippen molar-refractivity contribution >= 4 is 12.4 Å². The Kier molecular flexibility index (Phi) is 7.02. The third-order valence-electron chi connectivity index (χ3n) is 5.27. The van der Waals surface area contributed by atoms with Crippen LogP contribution in [0.1, 0.15) is 27.3 Å². The molecule has 8 nitrogen and oxygen atoms in total. The number of amides is 1. The van der Waals surface area contributed by atoms with Crippen LogP contribution in [0.5, 0.6) is 5.75 Å². The molecule has 2 aromatic heterocycles. The van der Waals surface area contributed by atoms with Crippen LogP contribution in [0.3, 0.4) is 0 Å². The first kappa shape index (κ1) is 22.0. The molecule has 0 fully saturated rings. The number of carbonyl (C=O) groups excluding carboxylic acids is 1. The predicted octanol–water partition coefficient (Wildman–Crippen LogP) is 2.74. The summed E-state index contributed by atoms with van der Waals surface area (Å²) in [4.78, 5) is 27.7. The Balaban J connectivity index is 0.000000858.